The van der Waals surface area contributed by atoms with Gasteiger partial charge in [-0.2, -0.15) is 0 Å². The summed E-state index contributed by atoms with van der Waals surface area (Å²) in [5.74, 6) is 0.756. The quantitative estimate of drug-likeness (QED) is 0.790. The van der Waals surface area contributed by atoms with Crippen LogP contribution in [0.1, 0.15) is 18.5 Å². The predicted molar refractivity (Wildman–Crippen MR) is 83.5 cm³/mol. The largest absolute Gasteiger partial charge is 0.361 e. The molecule has 0 aliphatic rings. The van der Waals surface area contributed by atoms with Crippen molar-refractivity contribution in [3.63, 3.8) is 0 Å². The standard InChI is InChI=1S/C15H13BrN4/c1-10(11-6-8-12(16)9-7-11)17-15-13-4-2-3-5-14(13)18-20-19-15/h2-10H,1H3,(H,17,18,19)/t10-/m1/s1. The van der Waals surface area contributed by atoms with Gasteiger partial charge in [-0.1, -0.05) is 40.2 Å². The van der Waals surface area contributed by atoms with E-state index in [1.807, 2.05) is 36.4 Å². The normalized spacial score (nSPS) is 12.3. The minimum atomic E-state index is 0.142. The predicted octanol–water partition coefficient (Wildman–Crippen LogP) is 3.96. The van der Waals surface area contributed by atoms with Crippen molar-refractivity contribution in [1.82, 2.24) is 15.4 Å². The van der Waals surface area contributed by atoms with Gasteiger partial charge in [-0.05, 0) is 42.0 Å². The maximum absolute atomic E-state index is 4.11. The van der Waals surface area contributed by atoms with Crippen LogP contribution in [0.2, 0.25) is 0 Å². The van der Waals surface area contributed by atoms with E-state index in [2.05, 4.69) is 55.7 Å². The number of aromatic nitrogens is 3. The number of hydrogen-bond acceptors (Lipinski definition) is 4. The first-order chi connectivity index (χ1) is 9.74. The Morgan fingerprint density at radius 3 is 2.55 bits per heavy atom. The molecule has 0 radical (unpaired) electrons. The van der Waals surface area contributed by atoms with Crippen LogP contribution in [0.4, 0.5) is 5.82 Å². The lowest BCUT2D eigenvalue weighted by Gasteiger charge is -2.15. The molecule has 5 heteroatoms. The van der Waals surface area contributed by atoms with Crippen LogP contribution < -0.4 is 5.32 Å². The Morgan fingerprint density at radius 2 is 1.75 bits per heavy atom. The van der Waals surface area contributed by atoms with Gasteiger partial charge in [0.25, 0.3) is 0 Å². The van der Waals surface area contributed by atoms with Gasteiger partial charge >= 0.3 is 0 Å². The maximum atomic E-state index is 4.11. The van der Waals surface area contributed by atoms with Crippen molar-refractivity contribution in [3.8, 4) is 0 Å². The average Bonchev–Trinajstić information content (AvgIpc) is 2.48. The Labute approximate surface area is 125 Å². The molecule has 0 fully saturated rings. The zero-order chi connectivity index (χ0) is 13.9. The van der Waals surface area contributed by atoms with E-state index in [1.54, 1.807) is 0 Å². The maximum Gasteiger partial charge on any atom is 0.160 e. The van der Waals surface area contributed by atoms with Gasteiger partial charge in [0.05, 0.1) is 11.6 Å². The van der Waals surface area contributed by atoms with Gasteiger partial charge in [0.1, 0.15) is 0 Å². The summed E-state index contributed by atoms with van der Waals surface area (Å²) >= 11 is 3.44. The van der Waals surface area contributed by atoms with Crippen LogP contribution in [0.5, 0.6) is 0 Å². The topological polar surface area (TPSA) is 50.7 Å². The fraction of sp³-hybridized carbons (Fsp3) is 0.133. The van der Waals surface area contributed by atoms with Crippen molar-refractivity contribution in [1.29, 1.82) is 0 Å². The molecule has 3 aromatic rings. The highest BCUT2D eigenvalue weighted by molar-refractivity contribution is 9.10. The Morgan fingerprint density at radius 1 is 1.00 bits per heavy atom. The van der Waals surface area contributed by atoms with Crippen LogP contribution in [0.25, 0.3) is 10.9 Å². The van der Waals surface area contributed by atoms with Gasteiger partial charge in [0.2, 0.25) is 0 Å². The highest BCUT2D eigenvalue weighted by atomic mass is 79.9. The molecular weight excluding hydrogens is 316 g/mol. The molecule has 1 heterocycles. The van der Waals surface area contributed by atoms with Gasteiger partial charge in [0.15, 0.2) is 5.82 Å². The number of nitrogens with zero attached hydrogens (tertiary/aromatic N) is 3. The molecule has 0 aliphatic carbocycles. The smallest absolute Gasteiger partial charge is 0.160 e. The number of benzene rings is 2. The lowest BCUT2D eigenvalue weighted by atomic mass is 10.1. The minimum Gasteiger partial charge on any atom is -0.361 e. The Hall–Kier alpha value is -2.01. The fourth-order valence-corrected chi connectivity index (χ4v) is 2.34. The van der Waals surface area contributed by atoms with Crippen molar-refractivity contribution < 1.29 is 0 Å². The van der Waals surface area contributed by atoms with Crippen molar-refractivity contribution in [2.75, 3.05) is 5.32 Å². The zero-order valence-corrected chi connectivity index (χ0v) is 12.5. The van der Waals surface area contributed by atoms with Crippen LogP contribution in [-0.2, 0) is 0 Å². The number of rotatable bonds is 3. The monoisotopic (exact) mass is 328 g/mol. The summed E-state index contributed by atoms with van der Waals surface area (Å²) in [4.78, 5) is 0. The Kier molecular flexibility index (Phi) is 3.60. The third-order valence-corrected chi connectivity index (χ3v) is 3.71. The second-order valence-electron chi connectivity index (χ2n) is 4.57. The van der Waals surface area contributed by atoms with E-state index in [-0.39, 0.29) is 6.04 Å². The molecule has 0 aliphatic heterocycles. The number of halogens is 1. The summed E-state index contributed by atoms with van der Waals surface area (Å²) in [5.41, 5.74) is 2.03. The lowest BCUT2D eigenvalue weighted by Crippen LogP contribution is -2.09. The highest BCUT2D eigenvalue weighted by Gasteiger charge is 2.09. The molecule has 0 saturated carbocycles. The Balaban J connectivity index is 1.91. The van der Waals surface area contributed by atoms with Crippen LogP contribution >= 0.6 is 15.9 Å². The van der Waals surface area contributed by atoms with Crippen LogP contribution in [0.15, 0.2) is 53.0 Å². The fourth-order valence-electron chi connectivity index (χ4n) is 2.08. The first kappa shape index (κ1) is 13.0. The molecule has 0 bridgehead atoms. The highest BCUT2D eigenvalue weighted by Crippen LogP contribution is 2.24. The van der Waals surface area contributed by atoms with Gasteiger partial charge in [-0.3, -0.25) is 0 Å². The van der Waals surface area contributed by atoms with Crippen LogP contribution in [0, 0.1) is 0 Å². The summed E-state index contributed by atoms with van der Waals surface area (Å²) in [7, 11) is 0. The van der Waals surface area contributed by atoms with E-state index >= 15 is 0 Å². The van der Waals surface area contributed by atoms with E-state index in [9.17, 15) is 0 Å². The number of anilines is 1. The Bertz CT molecular complexity index is 722. The van der Waals surface area contributed by atoms with Crippen molar-refractivity contribution >= 4 is 32.7 Å². The molecule has 0 spiro atoms. The molecule has 2 aromatic carbocycles. The molecule has 100 valence electrons. The summed E-state index contributed by atoms with van der Waals surface area (Å²) in [6, 6.07) is 16.2. The summed E-state index contributed by atoms with van der Waals surface area (Å²) in [6.45, 7) is 2.10. The van der Waals surface area contributed by atoms with Crippen LogP contribution in [-0.4, -0.2) is 15.4 Å². The van der Waals surface area contributed by atoms with E-state index < -0.39 is 0 Å². The molecule has 20 heavy (non-hydrogen) atoms. The van der Waals surface area contributed by atoms with Gasteiger partial charge in [-0.25, -0.2) is 0 Å². The summed E-state index contributed by atoms with van der Waals surface area (Å²) in [5, 5.41) is 16.3. The lowest BCUT2D eigenvalue weighted by molar-refractivity contribution is 0.838. The molecule has 4 nitrogen and oxygen atoms in total. The first-order valence-corrected chi connectivity index (χ1v) is 7.13. The minimum absolute atomic E-state index is 0.142. The SMILES string of the molecule is C[C@@H](Nc1nnnc2ccccc12)c1ccc(Br)cc1. The molecule has 0 unspecified atom stereocenters. The molecular formula is C15H13BrN4. The van der Waals surface area contributed by atoms with E-state index in [4.69, 9.17) is 0 Å². The van der Waals surface area contributed by atoms with E-state index in [0.29, 0.717) is 0 Å². The molecule has 3 rings (SSSR count). The van der Waals surface area contributed by atoms with Gasteiger partial charge in [-0.15, -0.1) is 10.2 Å². The molecule has 1 N–H and O–H groups in total. The van der Waals surface area contributed by atoms with E-state index in [0.717, 1.165) is 21.2 Å². The molecule has 1 atom stereocenters. The van der Waals surface area contributed by atoms with Crippen molar-refractivity contribution in [2.45, 2.75) is 13.0 Å². The van der Waals surface area contributed by atoms with E-state index in [1.165, 1.54) is 5.56 Å². The number of hydrogen-bond donors (Lipinski definition) is 1. The van der Waals surface area contributed by atoms with Crippen molar-refractivity contribution in [3.05, 3.63) is 58.6 Å². The number of nitrogens with one attached hydrogen (secondary N) is 1. The molecule has 0 amide bonds. The first-order valence-electron chi connectivity index (χ1n) is 6.34. The van der Waals surface area contributed by atoms with Gasteiger partial charge in [0, 0.05) is 9.86 Å². The second kappa shape index (κ2) is 5.54. The molecule has 0 saturated heterocycles. The molecule has 1 aromatic heterocycles. The average molecular weight is 329 g/mol. The summed E-state index contributed by atoms with van der Waals surface area (Å²) < 4.78 is 1.07. The second-order valence-corrected chi connectivity index (χ2v) is 5.49. The van der Waals surface area contributed by atoms with Crippen molar-refractivity contribution in [2.24, 2.45) is 0 Å². The van der Waals surface area contributed by atoms with Crippen LogP contribution in [0.3, 0.4) is 0 Å². The summed E-state index contributed by atoms with van der Waals surface area (Å²) in [6.07, 6.45) is 0. The third-order valence-electron chi connectivity index (χ3n) is 3.18. The van der Waals surface area contributed by atoms with Gasteiger partial charge < -0.3 is 5.32 Å². The number of fused-ring (bicyclic) bond motifs is 1. The zero-order valence-electron chi connectivity index (χ0n) is 10.9. The third kappa shape index (κ3) is 2.63.